The van der Waals surface area contributed by atoms with Crippen molar-refractivity contribution in [1.29, 1.82) is 0 Å². The van der Waals surface area contributed by atoms with Crippen LogP contribution in [-0.4, -0.2) is 23.4 Å². The van der Waals surface area contributed by atoms with Crippen LogP contribution in [0.5, 0.6) is 0 Å². The maximum atomic E-state index is 12.0. The Morgan fingerprint density at radius 1 is 1.35 bits per heavy atom. The van der Waals surface area contributed by atoms with Gasteiger partial charge in [-0.05, 0) is 25.0 Å². The Kier molecular flexibility index (Phi) is 4.40. The fraction of sp³-hybridized carbons (Fsp3) is 0.333. The number of benzene rings is 1. The molecule has 106 valence electrons. The third-order valence-electron chi connectivity index (χ3n) is 3.42. The molecule has 0 fully saturated rings. The lowest BCUT2D eigenvalue weighted by molar-refractivity contribution is 0.578. The van der Waals surface area contributed by atoms with E-state index < -0.39 is 0 Å². The van der Waals surface area contributed by atoms with Crippen molar-refractivity contribution in [1.82, 2.24) is 9.78 Å². The summed E-state index contributed by atoms with van der Waals surface area (Å²) in [5, 5.41) is 4.21. The van der Waals surface area contributed by atoms with Crippen LogP contribution < -0.4 is 16.2 Å². The van der Waals surface area contributed by atoms with Crippen molar-refractivity contribution in [3.8, 4) is 0 Å². The summed E-state index contributed by atoms with van der Waals surface area (Å²) in [4.78, 5) is 14.0. The summed E-state index contributed by atoms with van der Waals surface area (Å²) in [6, 6.07) is 9.30. The lowest BCUT2D eigenvalue weighted by atomic mass is 10.1. The molecular formula is C15H20N4O. The van der Waals surface area contributed by atoms with Gasteiger partial charge in [0.2, 0.25) is 0 Å². The first-order chi connectivity index (χ1) is 9.61. The third-order valence-corrected chi connectivity index (χ3v) is 3.42. The van der Waals surface area contributed by atoms with E-state index in [1.165, 1.54) is 4.68 Å². The summed E-state index contributed by atoms with van der Waals surface area (Å²) in [6.07, 6.45) is 2.42. The quantitative estimate of drug-likeness (QED) is 0.838. The van der Waals surface area contributed by atoms with E-state index >= 15 is 0 Å². The zero-order valence-electron chi connectivity index (χ0n) is 11.9. The smallest absolute Gasteiger partial charge is 0.268 e. The molecule has 0 spiro atoms. The predicted octanol–water partition coefficient (Wildman–Crippen LogP) is 1.52. The number of aryl methyl sites for hydroxylation is 2. The molecule has 5 nitrogen and oxygen atoms in total. The van der Waals surface area contributed by atoms with Crippen LogP contribution in [0.4, 0.5) is 11.4 Å². The Labute approximate surface area is 118 Å². The second kappa shape index (κ2) is 6.23. The monoisotopic (exact) mass is 272 g/mol. The van der Waals surface area contributed by atoms with Gasteiger partial charge in [0, 0.05) is 31.9 Å². The predicted molar refractivity (Wildman–Crippen MR) is 82.0 cm³/mol. The van der Waals surface area contributed by atoms with E-state index in [0.29, 0.717) is 13.0 Å². The summed E-state index contributed by atoms with van der Waals surface area (Å²) < 4.78 is 1.47. The van der Waals surface area contributed by atoms with Gasteiger partial charge in [0.1, 0.15) is 0 Å². The summed E-state index contributed by atoms with van der Waals surface area (Å²) in [7, 11) is 1.94. The van der Waals surface area contributed by atoms with E-state index in [1.807, 2.05) is 43.1 Å². The molecule has 0 aliphatic rings. The Balaban J connectivity index is 2.11. The van der Waals surface area contributed by atoms with E-state index in [4.69, 9.17) is 5.73 Å². The van der Waals surface area contributed by atoms with Crippen molar-refractivity contribution in [3.05, 3.63) is 52.4 Å². The summed E-state index contributed by atoms with van der Waals surface area (Å²) in [5.41, 5.74) is 8.44. The molecule has 0 aliphatic heterocycles. The zero-order valence-corrected chi connectivity index (χ0v) is 11.9. The fourth-order valence-corrected chi connectivity index (χ4v) is 1.97. The van der Waals surface area contributed by atoms with Crippen molar-refractivity contribution >= 4 is 11.4 Å². The normalized spacial score (nSPS) is 10.5. The number of rotatable bonds is 5. The van der Waals surface area contributed by atoms with Crippen molar-refractivity contribution in [2.45, 2.75) is 19.9 Å². The van der Waals surface area contributed by atoms with Crippen molar-refractivity contribution in [3.63, 3.8) is 0 Å². The highest BCUT2D eigenvalue weighted by atomic mass is 16.1. The van der Waals surface area contributed by atoms with Crippen LogP contribution in [0.1, 0.15) is 12.5 Å². The number of anilines is 2. The summed E-state index contributed by atoms with van der Waals surface area (Å²) in [6.45, 7) is 3.40. The third kappa shape index (κ3) is 3.17. The van der Waals surface area contributed by atoms with E-state index in [0.717, 1.165) is 23.5 Å². The Hall–Kier alpha value is -2.30. The number of nitrogens with zero attached hydrogens (tertiary/aromatic N) is 3. The number of nitrogen functional groups attached to an aromatic ring is 1. The largest absolute Gasteiger partial charge is 0.399 e. The molecular weight excluding hydrogens is 252 g/mol. The van der Waals surface area contributed by atoms with Crippen LogP contribution >= 0.6 is 0 Å². The minimum Gasteiger partial charge on any atom is -0.399 e. The molecule has 0 atom stereocenters. The molecule has 5 heteroatoms. The Morgan fingerprint density at radius 3 is 2.75 bits per heavy atom. The van der Waals surface area contributed by atoms with Crippen LogP contribution in [0.3, 0.4) is 0 Å². The maximum absolute atomic E-state index is 12.0. The van der Waals surface area contributed by atoms with E-state index in [2.05, 4.69) is 5.10 Å². The number of aromatic nitrogens is 2. The minimum atomic E-state index is -0.0858. The van der Waals surface area contributed by atoms with Gasteiger partial charge in [-0.15, -0.1) is 0 Å². The molecule has 0 radical (unpaired) electrons. The topological polar surface area (TPSA) is 64.2 Å². The molecule has 0 aliphatic carbocycles. The van der Waals surface area contributed by atoms with E-state index in [1.54, 1.807) is 12.3 Å². The van der Waals surface area contributed by atoms with Crippen LogP contribution in [0.15, 0.2) is 41.3 Å². The summed E-state index contributed by atoms with van der Waals surface area (Å²) >= 11 is 0. The van der Waals surface area contributed by atoms with E-state index in [9.17, 15) is 4.79 Å². The van der Waals surface area contributed by atoms with Gasteiger partial charge in [-0.2, -0.15) is 5.10 Å². The van der Waals surface area contributed by atoms with Gasteiger partial charge in [-0.25, -0.2) is 4.68 Å². The van der Waals surface area contributed by atoms with Gasteiger partial charge in [0.15, 0.2) is 0 Å². The first-order valence-corrected chi connectivity index (χ1v) is 6.73. The molecule has 2 aromatic rings. The molecule has 1 heterocycles. The zero-order chi connectivity index (χ0) is 14.5. The summed E-state index contributed by atoms with van der Waals surface area (Å²) in [5.74, 6) is 0. The molecule has 0 amide bonds. The van der Waals surface area contributed by atoms with Crippen molar-refractivity contribution in [2.75, 3.05) is 24.2 Å². The molecule has 0 unspecified atom stereocenters. The van der Waals surface area contributed by atoms with Gasteiger partial charge in [0.25, 0.3) is 5.56 Å². The molecule has 2 N–H and O–H groups in total. The number of para-hydroxylation sites is 1. The van der Waals surface area contributed by atoms with Crippen LogP contribution in [0, 0.1) is 0 Å². The average Bonchev–Trinajstić information content (AvgIpc) is 2.46. The molecule has 2 rings (SSSR count). The minimum absolute atomic E-state index is 0.0858. The van der Waals surface area contributed by atoms with Gasteiger partial charge in [0.05, 0.1) is 11.9 Å². The molecule has 1 aromatic carbocycles. The average molecular weight is 272 g/mol. The Bertz CT molecular complexity index is 636. The molecule has 0 bridgehead atoms. The van der Waals surface area contributed by atoms with Crippen LogP contribution in [0.2, 0.25) is 0 Å². The first-order valence-electron chi connectivity index (χ1n) is 6.73. The highest BCUT2D eigenvalue weighted by molar-refractivity contribution is 5.46. The van der Waals surface area contributed by atoms with Crippen LogP contribution in [0.25, 0.3) is 0 Å². The first kappa shape index (κ1) is 14.1. The second-order valence-corrected chi connectivity index (χ2v) is 4.74. The number of hydrogen-bond donors (Lipinski definition) is 1. The second-order valence-electron chi connectivity index (χ2n) is 4.74. The molecule has 1 aromatic heterocycles. The van der Waals surface area contributed by atoms with Gasteiger partial charge in [-0.1, -0.05) is 18.2 Å². The maximum Gasteiger partial charge on any atom is 0.268 e. The molecule has 20 heavy (non-hydrogen) atoms. The molecule has 0 saturated carbocycles. The lowest BCUT2D eigenvalue weighted by Crippen LogP contribution is -2.26. The van der Waals surface area contributed by atoms with Gasteiger partial charge in [-0.3, -0.25) is 4.79 Å². The highest BCUT2D eigenvalue weighted by Gasteiger charge is 2.04. The van der Waals surface area contributed by atoms with Crippen molar-refractivity contribution < 1.29 is 0 Å². The highest BCUT2D eigenvalue weighted by Crippen LogP contribution is 2.11. The standard InChI is InChI=1S/C15H20N4O/c1-3-18(2)13-10-15(20)19(17-11-13)9-8-12-6-4-5-7-14(12)16/h4-7,10-11H,3,8-9,16H2,1-2H3. The molecule has 0 saturated heterocycles. The Morgan fingerprint density at radius 2 is 2.10 bits per heavy atom. The van der Waals surface area contributed by atoms with Gasteiger partial charge >= 0.3 is 0 Å². The number of nitrogens with two attached hydrogens (primary N) is 1. The fourth-order valence-electron chi connectivity index (χ4n) is 1.97. The van der Waals surface area contributed by atoms with E-state index in [-0.39, 0.29) is 5.56 Å². The lowest BCUT2D eigenvalue weighted by Gasteiger charge is -2.16. The van der Waals surface area contributed by atoms with Crippen molar-refractivity contribution in [2.24, 2.45) is 0 Å². The van der Waals surface area contributed by atoms with Gasteiger partial charge < -0.3 is 10.6 Å². The number of hydrogen-bond acceptors (Lipinski definition) is 4. The SMILES string of the molecule is CCN(C)c1cnn(CCc2ccccc2N)c(=O)c1. The van der Waals surface area contributed by atoms with Crippen LogP contribution in [-0.2, 0) is 13.0 Å².